The molecule has 0 aliphatic carbocycles. The molecule has 0 fully saturated rings. The number of hydrazine groups is 1. The Balaban J connectivity index is 2.60. The highest BCUT2D eigenvalue weighted by Gasteiger charge is 2.09. The van der Waals surface area contributed by atoms with E-state index in [9.17, 15) is 4.79 Å². The predicted octanol–water partition coefficient (Wildman–Crippen LogP) is -0.435. The summed E-state index contributed by atoms with van der Waals surface area (Å²) in [7, 11) is 0. The van der Waals surface area contributed by atoms with Crippen LogP contribution in [-0.2, 0) is 4.79 Å². The zero-order valence-corrected chi connectivity index (χ0v) is 4.64. The molecule has 1 aliphatic rings. The van der Waals surface area contributed by atoms with Gasteiger partial charge in [-0.3, -0.25) is 4.79 Å². The van der Waals surface area contributed by atoms with E-state index in [4.69, 9.17) is 0 Å². The van der Waals surface area contributed by atoms with E-state index in [-0.39, 0.29) is 11.8 Å². The van der Waals surface area contributed by atoms with Gasteiger partial charge in [0.1, 0.15) is 0 Å². The van der Waals surface area contributed by atoms with Gasteiger partial charge in [-0.25, -0.2) is 5.43 Å². The Morgan fingerprint density at radius 1 is 1.75 bits per heavy atom. The molecule has 0 saturated heterocycles. The third kappa shape index (κ3) is 0.869. The van der Waals surface area contributed by atoms with E-state index in [2.05, 4.69) is 10.9 Å². The molecular weight excluding hydrogens is 104 g/mol. The number of carbonyl (C=O) groups is 1. The lowest BCUT2D eigenvalue weighted by molar-refractivity contribution is -0.116. The summed E-state index contributed by atoms with van der Waals surface area (Å²) < 4.78 is 0. The molecule has 8 heavy (non-hydrogen) atoms. The van der Waals surface area contributed by atoms with Gasteiger partial charge in [-0.1, -0.05) is 0 Å². The number of ketones is 1. The zero-order valence-electron chi connectivity index (χ0n) is 4.64. The van der Waals surface area contributed by atoms with Crippen molar-refractivity contribution < 1.29 is 4.79 Å². The topological polar surface area (TPSA) is 41.1 Å². The molecule has 3 heteroatoms. The maximum absolute atomic E-state index is 10.6. The third-order valence-corrected chi connectivity index (χ3v) is 1.06. The number of hydrogen-bond acceptors (Lipinski definition) is 3. The Labute approximate surface area is 47.7 Å². The van der Waals surface area contributed by atoms with Crippen LogP contribution >= 0.6 is 0 Å². The van der Waals surface area contributed by atoms with Crippen molar-refractivity contribution in [2.24, 2.45) is 0 Å². The SMILES string of the molecule is CC1NNC=CC1=O. The first-order valence-electron chi connectivity index (χ1n) is 2.52. The highest BCUT2D eigenvalue weighted by molar-refractivity contribution is 5.94. The summed E-state index contributed by atoms with van der Waals surface area (Å²) >= 11 is 0. The van der Waals surface area contributed by atoms with Crippen molar-refractivity contribution >= 4 is 5.78 Å². The van der Waals surface area contributed by atoms with Gasteiger partial charge < -0.3 is 5.43 Å². The van der Waals surface area contributed by atoms with Crippen LogP contribution in [0.25, 0.3) is 0 Å². The van der Waals surface area contributed by atoms with E-state index in [1.165, 1.54) is 6.08 Å². The fourth-order valence-electron chi connectivity index (χ4n) is 0.512. The summed E-state index contributed by atoms with van der Waals surface area (Å²) in [5, 5.41) is 0. The summed E-state index contributed by atoms with van der Waals surface area (Å²) in [6.45, 7) is 1.80. The van der Waals surface area contributed by atoms with E-state index in [1.54, 1.807) is 13.1 Å². The molecular formula is C5H8N2O. The van der Waals surface area contributed by atoms with Gasteiger partial charge in [0.2, 0.25) is 0 Å². The minimum Gasteiger partial charge on any atom is -0.328 e. The molecule has 3 nitrogen and oxygen atoms in total. The van der Waals surface area contributed by atoms with Gasteiger partial charge in [-0.05, 0) is 13.0 Å². The van der Waals surface area contributed by atoms with Crippen LogP contribution in [0.5, 0.6) is 0 Å². The normalized spacial score (nSPS) is 27.6. The second kappa shape index (κ2) is 1.96. The van der Waals surface area contributed by atoms with E-state index in [1.807, 2.05) is 0 Å². The number of rotatable bonds is 0. The highest BCUT2D eigenvalue weighted by Crippen LogP contribution is 1.88. The van der Waals surface area contributed by atoms with E-state index in [0.29, 0.717) is 0 Å². The molecule has 1 unspecified atom stereocenters. The predicted molar refractivity (Wildman–Crippen MR) is 29.9 cm³/mol. The molecule has 0 saturated carbocycles. The lowest BCUT2D eigenvalue weighted by Gasteiger charge is -2.13. The Bertz CT molecular complexity index is 130. The molecule has 0 aromatic heterocycles. The molecule has 2 N–H and O–H groups in total. The van der Waals surface area contributed by atoms with Crippen molar-refractivity contribution in [3.05, 3.63) is 12.3 Å². The number of hydrogen-bond donors (Lipinski definition) is 2. The first kappa shape index (κ1) is 5.31. The molecule has 1 heterocycles. The summed E-state index contributed by atoms with van der Waals surface area (Å²) in [6, 6.07) is -0.0833. The molecule has 0 spiro atoms. The first-order chi connectivity index (χ1) is 3.80. The van der Waals surface area contributed by atoms with Crippen molar-refractivity contribution in [2.45, 2.75) is 13.0 Å². The summed E-state index contributed by atoms with van der Waals surface area (Å²) in [6.07, 6.45) is 3.10. The van der Waals surface area contributed by atoms with Crippen molar-refractivity contribution in [3.63, 3.8) is 0 Å². The Morgan fingerprint density at radius 2 is 2.50 bits per heavy atom. The first-order valence-corrected chi connectivity index (χ1v) is 2.52. The van der Waals surface area contributed by atoms with Gasteiger partial charge in [0.15, 0.2) is 5.78 Å². The fourth-order valence-corrected chi connectivity index (χ4v) is 0.512. The van der Waals surface area contributed by atoms with Crippen molar-refractivity contribution in [2.75, 3.05) is 0 Å². The second-order valence-electron chi connectivity index (χ2n) is 1.75. The molecule has 0 bridgehead atoms. The number of carbonyl (C=O) groups excluding carboxylic acids is 1. The summed E-state index contributed by atoms with van der Waals surface area (Å²) in [5.74, 6) is 0.115. The second-order valence-corrected chi connectivity index (χ2v) is 1.75. The lowest BCUT2D eigenvalue weighted by Crippen LogP contribution is -2.43. The largest absolute Gasteiger partial charge is 0.328 e. The van der Waals surface area contributed by atoms with Crippen LogP contribution in [0.4, 0.5) is 0 Å². The Kier molecular flexibility index (Phi) is 1.30. The van der Waals surface area contributed by atoms with Crippen molar-refractivity contribution in [3.8, 4) is 0 Å². The van der Waals surface area contributed by atoms with Gasteiger partial charge in [0.25, 0.3) is 0 Å². The van der Waals surface area contributed by atoms with Gasteiger partial charge >= 0.3 is 0 Å². The Hall–Kier alpha value is -0.830. The molecule has 0 aromatic rings. The molecule has 44 valence electrons. The summed E-state index contributed by atoms with van der Waals surface area (Å²) in [5.41, 5.74) is 5.46. The van der Waals surface area contributed by atoms with Crippen LogP contribution in [0, 0.1) is 0 Å². The van der Waals surface area contributed by atoms with Crippen molar-refractivity contribution in [1.82, 2.24) is 10.9 Å². The maximum Gasteiger partial charge on any atom is 0.175 e. The average molecular weight is 112 g/mol. The van der Waals surface area contributed by atoms with Crippen LogP contribution in [0.15, 0.2) is 12.3 Å². The monoisotopic (exact) mass is 112 g/mol. The molecule has 1 rings (SSSR count). The smallest absolute Gasteiger partial charge is 0.175 e. The van der Waals surface area contributed by atoms with Gasteiger partial charge in [-0.15, -0.1) is 0 Å². The third-order valence-electron chi connectivity index (χ3n) is 1.06. The van der Waals surface area contributed by atoms with Crippen LogP contribution in [0.2, 0.25) is 0 Å². The van der Waals surface area contributed by atoms with Crippen LogP contribution in [0.3, 0.4) is 0 Å². The molecule has 1 aliphatic heterocycles. The average Bonchev–Trinajstić information content (AvgIpc) is 1.77. The fraction of sp³-hybridized carbons (Fsp3) is 0.400. The van der Waals surface area contributed by atoms with Crippen LogP contribution in [0.1, 0.15) is 6.92 Å². The quantitative estimate of drug-likeness (QED) is 0.446. The molecule has 0 amide bonds. The summed E-state index contributed by atoms with van der Waals surface area (Å²) in [4.78, 5) is 10.6. The zero-order chi connectivity index (χ0) is 5.98. The minimum absolute atomic E-state index is 0.0833. The molecule has 1 atom stereocenters. The van der Waals surface area contributed by atoms with E-state index < -0.39 is 0 Å². The van der Waals surface area contributed by atoms with Gasteiger partial charge in [0, 0.05) is 6.20 Å². The van der Waals surface area contributed by atoms with Crippen LogP contribution < -0.4 is 10.9 Å². The molecule has 0 aromatic carbocycles. The molecule has 0 radical (unpaired) electrons. The number of nitrogens with one attached hydrogen (secondary N) is 2. The maximum atomic E-state index is 10.6. The Morgan fingerprint density at radius 3 is 2.88 bits per heavy atom. The van der Waals surface area contributed by atoms with E-state index in [0.717, 1.165) is 0 Å². The van der Waals surface area contributed by atoms with E-state index >= 15 is 0 Å². The minimum atomic E-state index is -0.0833. The van der Waals surface area contributed by atoms with Gasteiger partial charge in [-0.2, -0.15) is 0 Å². The highest BCUT2D eigenvalue weighted by atomic mass is 16.1. The van der Waals surface area contributed by atoms with Gasteiger partial charge in [0.05, 0.1) is 6.04 Å². The van der Waals surface area contributed by atoms with Crippen molar-refractivity contribution in [1.29, 1.82) is 0 Å². The standard InChI is InChI=1S/C5H8N2O/c1-4-5(8)2-3-6-7-4/h2-4,6-7H,1H3. The van der Waals surface area contributed by atoms with Crippen LogP contribution in [-0.4, -0.2) is 11.8 Å². The lowest BCUT2D eigenvalue weighted by atomic mass is 10.2.